The van der Waals surface area contributed by atoms with Crippen molar-refractivity contribution < 1.29 is 19.1 Å². The first kappa shape index (κ1) is 22.9. The summed E-state index contributed by atoms with van der Waals surface area (Å²) >= 11 is 6.56. The van der Waals surface area contributed by atoms with Crippen LogP contribution in [0.3, 0.4) is 0 Å². The van der Waals surface area contributed by atoms with Crippen molar-refractivity contribution in [2.24, 2.45) is 0 Å². The van der Waals surface area contributed by atoms with Crippen molar-refractivity contribution in [2.45, 2.75) is 38.6 Å². The first-order chi connectivity index (χ1) is 16.5. The largest absolute Gasteiger partial charge is 0.489 e. The molecule has 1 unspecified atom stereocenters. The Morgan fingerprint density at radius 2 is 2.00 bits per heavy atom. The molecular formula is C26H28ClN3O4. The van der Waals surface area contributed by atoms with Gasteiger partial charge >= 0.3 is 0 Å². The molecular weight excluding hydrogens is 454 g/mol. The molecule has 0 spiro atoms. The third kappa shape index (κ3) is 4.69. The van der Waals surface area contributed by atoms with E-state index in [1.165, 1.54) is 0 Å². The summed E-state index contributed by atoms with van der Waals surface area (Å²) in [4.78, 5) is 29.5. The second-order valence-electron chi connectivity index (χ2n) is 8.97. The van der Waals surface area contributed by atoms with Gasteiger partial charge in [-0.05, 0) is 42.2 Å². The van der Waals surface area contributed by atoms with E-state index in [-0.39, 0.29) is 11.8 Å². The van der Waals surface area contributed by atoms with E-state index in [4.69, 9.17) is 21.1 Å². The van der Waals surface area contributed by atoms with E-state index in [1.54, 1.807) is 11.0 Å². The van der Waals surface area contributed by atoms with Gasteiger partial charge in [-0.3, -0.25) is 14.5 Å². The minimum absolute atomic E-state index is 0.136. The van der Waals surface area contributed by atoms with Crippen LogP contribution in [0.5, 0.6) is 5.75 Å². The van der Waals surface area contributed by atoms with Gasteiger partial charge in [-0.2, -0.15) is 0 Å². The smallest absolute Gasteiger partial charge is 0.255 e. The number of amides is 2. The van der Waals surface area contributed by atoms with Gasteiger partial charge in [-0.1, -0.05) is 36.4 Å². The molecule has 1 atom stereocenters. The molecule has 0 aliphatic carbocycles. The van der Waals surface area contributed by atoms with Crippen LogP contribution < -0.4 is 10.1 Å². The number of hydrogen-bond donors (Lipinski definition) is 1. The van der Waals surface area contributed by atoms with E-state index in [0.29, 0.717) is 43.0 Å². The fourth-order valence-electron chi connectivity index (χ4n) is 4.74. The Morgan fingerprint density at radius 3 is 2.76 bits per heavy atom. The van der Waals surface area contributed by atoms with E-state index < -0.39 is 6.04 Å². The number of morpholine rings is 1. The molecule has 2 saturated heterocycles. The summed E-state index contributed by atoms with van der Waals surface area (Å²) in [6.45, 7) is 8.65. The van der Waals surface area contributed by atoms with E-state index in [1.807, 2.05) is 30.3 Å². The third-order valence-corrected chi connectivity index (χ3v) is 7.01. The lowest BCUT2D eigenvalue weighted by molar-refractivity contribution is -0.126. The predicted octanol–water partition coefficient (Wildman–Crippen LogP) is 3.50. The monoisotopic (exact) mass is 481 g/mol. The number of rotatable bonds is 6. The van der Waals surface area contributed by atoms with Gasteiger partial charge < -0.3 is 19.7 Å². The van der Waals surface area contributed by atoms with Crippen molar-refractivity contribution in [3.05, 3.63) is 76.0 Å². The highest BCUT2D eigenvalue weighted by molar-refractivity contribution is 6.31. The molecule has 8 heteroatoms. The van der Waals surface area contributed by atoms with E-state index in [2.05, 4.69) is 16.8 Å². The molecule has 0 bridgehead atoms. The van der Waals surface area contributed by atoms with Crippen LogP contribution in [0.25, 0.3) is 0 Å². The molecule has 2 aromatic carbocycles. The number of ether oxygens (including phenoxy) is 2. The van der Waals surface area contributed by atoms with Crippen LogP contribution in [0.4, 0.5) is 0 Å². The van der Waals surface area contributed by atoms with E-state index in [0.717, 1.165) is 54.6 Å². The molecule has 2 aromatic rings. The zero-order chi connectivity index (χ0) is 23.7. The normalized spacial score (nSPS) is 20.9. The zero-order valence-electron chi connectivity index (χ0n) is 19.0. The first-order valence-corrected chi connectivity index (χ1v) is 12.0. The number of fused-ring (bicyclic) bond motifs is 1. The lowest BCUT2D eigenvalue weighted by Crippen LogP contribution is -2.49. The molecule has 3 aliphatic rings. The molecule has 7 nitrogen and oxygen atoms in total. The highest BCUT2D eigenvalue weighted by Crippen LogP contribution is 2.34. The number of nitrogens with zero attached hydrogens (tertiary/aromatic N) is 2. The molecule has 34 heavy (non-hydrogen) atoms. The molecule has 0 aromatic heterocycles. The minimum atomic E-state index is -0.490. The SMILES string of the molecule is C=C1CCC(N2Cc3c(OCc4ccc(CN5CCOCC5)c(Cl)c4)cccc3C2=O)C(=O)N1. The van der Waals surface area contributed by atoms with E-state index in [9.17, 15) is 9.59 Å². The Kier molecular flexibility index (Phi) is 6.59. The average Bonchev–Trinajstić information content (AvgIpc) is 3.17. The molecule has 2 fully saturated rings. The first-order valence-electron chi connectivity index (χ1n) is 11.6. The van der Waals surface area contributed by atoms with Crippen LogP contribution in [0.2, 0.25) is 5.02 Å². The van der Waals surface area contributed by atoms with Gasteiger partial charge in [0, 0.05) is 41.5 Å². The van der Waals surface area contributed by atoms with Crippen LogP contribution >= 0.6 is 11.6 Å². The summed E-state index contributed by atoms with van der Waals surface area (Å²) in [5.41, 5.74) is 4.15. The Hall–Kier alpha value is -2.87. The Labute approximate surface area is 204 Å². The maximum Gasteiger partial charge on any atom is 0.255 e. The minimum Gasteiger partial charge on any atom is -0.489 e. The number of allylic oxidation sites excluding steroid dienone is 1. The summed E-state index contributed by atoms with van der Waals surface area (Å²) in [6, 6.07) is 11.0. The van der Waals surface area contributed by atoms with Crippen molar-refractivity contribution in [3.63, 3.8) is 0 Å². The lowest BCUT2D eigenvalue weighted by atomic mass is 10.0. The number of carbonyl (C=O) groups is 2. The molecule has 3 aliphatic heterocycles. The third-order valence-electron chi connectivity index (χ3n) is 6.66. The van der Waals surface area contributed by atoms with E-state index >= 15 is 0 Å². The Morgan fingerprint density at radius 1 is 1.18 bits per heavy atom. The second kappa shape index (κ2) is 9.78. The van der Waals surface area contributed by atoms with Gasteiger partial charge in [0.15, 0.2) is 0 Å². The topological polar surface area (TPSA) is 71.1 Å². The summed E-state index contributed by atoms with van der Waals surface area (Å²) in [7, 11) is 0. The van der Waals surface area contributed by atoms with Gasteiger partial charge in [0.1, 0.15) is 18.4 Å². The van der Waals surface area contributed by atoms with Crippen LogP contribution in [0.15, 0.2) is 48.7 Å². The Balaban J connectivity index is 1.26. The standard InChI is InChI=1S/C26H28ClN3O4/c1-17-5-8-23(25(31)28-17)30-15-21-20(26(30)32)3-2-4-24(21)34-16-18-6-7-19(22(27)13-18)14-29-9-11-33-12-10-29/h2-4,6-7,13,23H,1,5,8-12,14-16H2,(H,28,31). The van der Waals surface area contributed by atoms with Crippen LogP contribution in [-0.4, -0.2) is 54.0 Å². The van der Waals surface area contributed by atoms with Crippen molar-refractivity contribution in [3.8, 4) is 5.75 Å². The predicted molar refractivity (Wildman–Crippen MR) is 129 cm³/mol. The number of nitrogens with one attached hydrogen (secondary N) is 1. The van der Waals surface area contributed by atoms with Gasteiger partial charge in [0.2, 0.25) is 5.91 Å². The van der Waals surface area contributed by atoms with Crippen molar-refractivity contribution in [2.75, 3.05) is 26.3 Å². The van der Waals surface area contributed by atoms with Crippen molar-refractivity contribution in [1.29, 1.82) is 0 Å². The highest BCUT2D eigenvalue weighted by atomic mass is 35.5. The van der Waals surface area contributed by atoms with Crippen LogP contribution in [0, 0.1) is 0 Å². The van der Waals surface area contributed by atoms with Gasteiger partial charge in [0.05, 0.1) is 19.8 Å². The number of benzene rings is 2. The summed E-state index contributed by atoms with van der Waals surface area (Å²) in [6.07, 6.45) is 1.25. The number of piperidine rings is 1. The average molecular weight is 482 g/mol. The maximum absolute atomic E-state index is 13.0. The summed E-state index contributed by atoms with van der Waals surface area (Å²) in [5.74, 6) is 0.345. The van der Waals surface area contributed by atoms with Gasteiger partial charge in [-0.25, -0.2) is 0 Å². The van der Waals surface area contributed by atoms with Gasteiger partial charge in [0.25, 0.3) is 5.91 Å². The second-order valence-corrected chi connectivity index (χ2v) is 9.37. The fraction of sp³-hybridized carbons (Fsp3) is 0.385. The summed E-state index contributed by atoms with van der Waals surface area (Å²) in [5, 5.41) is 3.49. The quantitative estimate of drug-likeness (QED) is 0.683. The molecule has 0 radical (unpaired) electrons. The van der Waals surface area contributed by atoms with Crippen LogP contribution in [-0.2, 0) is 29.2 Å². The molecule has 0 saturated carbocycles. The highest BCUT2D eigenvalue weighted by Gasteiger charge is 2.39. The number of halogens is 1. The summed E-state index contributed by atoms with van der Waals surface area (Å²) < 4.78 is 11.5. The fourth-order valence-corrected chi connectivity index (χ4v) is 5.01. The molecule has 2 amide bonds. The molecule has 3 heterocycles. The lowest BCUT2D eigenvalue weighted by Gasteiger charge is -2.31. The van der Waals surface area contributed by atoms with Crippen LogP contribution in [0.1, 0.15) is 39.9 Å². The molecule has 1 N–H and O–H groups in total. The molecule has 178 valence electrons. The number of carbonyl (C=O) groups excluding carboxylic acids is 2. The Bertz CT molecular complexity index is 1130. The maximum atomic E-state index is 13.0. The zero-order valence-corrected chi connectivity index (χ0v) is 19.8. The molecule has 5 rings (SSSR count). The van der Waals surface area contributed by atoms with Crippen molar-refractivity contribution in [1.82, 2.24) is 15.1 Å². The van der Waals surface area contributed by atoms with Gasteiger partial charge in [-0.15, -0.1) is 0 Å². The number of hydrogen-bond acceptors (Lipinski definition) is 5. The van der Waals surface area contributed by atoms with Crippen molar-refractivity contribution >= 4 is 23.4 Å².